The number of fused-ring (bicyclic) bond motifs is 1. The molecule has 6 nitrogen and oxygen atoms in total. The molecule has 22 heavy (non-hydrogen) atoms. The highest BCUT2D eigenvalue weighted by atomic mass is 32.2. The van der Waals surface area contributed by atoms with Crippen LogP contribution in [0.15, 0.2) is 41.4 Å². The van der Waals surface area contributed by atoms with Gasteiger partial charge in [-0.15, -0.1) is 0 Å². The molecule has 1 aromatic heterocycles. The molecule has 1 heterocycles. The van der Waals surface area contributed by atoms with Crippen molar-refractivity contribution in [2.75, 3.05) is 0 Å². The Bertz CT molecular complexity index is 787. The van der Waals surface area contributed by atoms with Gasteiger partial charge >= 0.3 is 5.97 Å². The molecule has 2 aromatic rings. The summed E-state index contributed by atoms with van der Waals surface area (Å²) in [4.78, 5) is 15.3. The van der Waals surface area contributed by atoms with Crippen molar-refractivity contribution in [2.45, 2.75) is 31.2 Å². The second-order valence-corrected chi connectivity index (χ2v) is 7.22. The maximum atomic E-state index is 12.4. The predicted molar refractivity (Wildman–Crippen MR) is 82.9 cm³/mol. The minimum absolute atomic E-state index is 0.0405. The van der Waals surface area contributed by atoms with E-state index >= 15 is 0 Å². The Morgan fingerprint density at radius 1 is 1.32 bits per heavy atom. The highest BCUT2D eigenvalue weighted by Gasteiger charge is 2.26. The van der Waals surface area contributed by atoms with Crippen molar-refractivity contribution < 1.29 is 18.3 Å². The van der Waals surface area contributed by atoms with Crippen LogP contribution < -0.4 is 4.72 Å². The fourth-order valence-corrected chi connectivity index (χ4v) is 3.31. The molecular formula is C15H18N2O4S. The molecule has 0 fully saturated rings. The Kier molecular flexibility index (Phi) is 4.77. The number of sulfonamides is 1. The van der Waals surface area contributed by atoms with E-state index in [0.717, 1.165) is 0 Å². The molecule has 2 N–H and O–H groups in total. The summed E-state index contributed by atoms with van der Waals surface area (Å²) in [6.45, 7) is 3.67. The Morgan fingerprint density at radius 2 is 2.00 bits per heavy atom. The normalized spacial score (nSPS) is 13.4. The van der Waals surface area contributed by atoms with Gasteiger partial charge in [-0.2, -0.15) is 4.72 Å². The number of carbonyl (C=O) groups is 1. The average molecular weight is 322 g/mol. The summed E-state index contributed by atoms with van der Waals surface area (Å²) in [5.74, 6) is -1.13. The number of carboxylic acids is 1. The van der Waals surface area contributed by atoms with Gasteiger partial charge in [0, 0.05) is 11.6 Å². The second kappa shape index (κ2) is 6.41. The molecule has 0 saturated heterocycles. The fourth-order valence-electron chi connectivity index (χ4n) is 2.12. The number of hydrogen-bond donors (Lipinski definition) is 2. The van der Waals surface area contributed by atoms with Crippen LogP contribution in [0.2, 0.25) is 0 Å². The molecule has 118 valence electrons. The van der Waals surface area contributed by atoms with E-state index in [4.69, 9.17) is 5.11 Å². The number of para-hydroxylation sites is 1. The number of pyridine rings is 1. The largest absolute Gasteiger partial charge is 0.480 e. The zero-order valence-electron chi connectivity index (χ0n) is 12.4. The summed E-state index contributed by atoms with van der Waals surface area (Å²) in [7, 11) is -3.93. The summed E-state index contributed by atoms with van der Waals surface area (Å²) in [6.07, 6.45) is 1.45. The molecule has 0 spiro atoms. The predicted octanol–water partition coefficient (Wildman–Crippen LogP) is 2.01. The average Bonchev–Trinajstić information content (AvgIpc) is 2.45. The van der Waals surface area contributed by atoms with E-state index in [1.165, 1.54) is 12.3 Å². The highest BCUT2D eigenvalue weighted by Crippen LogP contribution is 2.17. The monoisotopic (exact) mass is 322 g/mol. The minimum Gasteiger partial charge on any atom is -0.480 e. The van der Waals surface area contributed by atoms with Gasteiger partial charge in [0.1, 0.15) is 10.9 Å². The van der Waals surface area contributed by atoms with Crippen molar-refractivity contribution in [3.63, 3.8) is 0 Å². The summed E-state index contributed by atoms with van der Waals surface area (Å²) in [6, 6.07) is 7.45. The van der Waals surface area contributed by atoms with Crippen molar-refractivity contribution in [2.24, 2.45) is 5.92 Å². The SMILES string of the molecule is CC(C)C[C@H](NS(=O)(=O)c1cnc2ccccc2c1)C(=O)O. The Morgan fingerprint density at radius 3 is 2.64 bits per heavy atom. The van der Waals surface area contributed by atoms with Crippen LogP contribution in [0.1, 0.15) is 20.3 Å². The summed E-state index contributed by atoms with van der Waals surface area (Å²) < 4.78 is 27.0. The van der Waals surface area contributed by atoms with Gasteiger partial charge in [-0.1, -0.05) is 32.0 Å². The lowest BCUT2D eigenvalue weighted by molar-refractivity contribution is -0.139. The molecule has 0 amide bonds. The smallest absolute Gasteiger partial charge is 0.321 e. The van der Waals surface area contributed by atoms with Crippen molar-refractivity contribution in [3.05, 3.63) is 36.5 Å². The molecule has 0 saturated carbocycles. The van der Waals surface area contributed by atoms with Gasteiger partial charge in [0.2, 0.25) is 10.0 Å². The van der Waals surface area contributed by atoms with Crippen LogP contribution in [-0.2, 0) is 14.8 Å². The lowest BCUT2D eigenvalue weighted by Crippen LogP contribution is -2.41. The Hall–Kier alpha value is -1.99. The number of hydrogen-bond acceptors (Lipinski definition) is 4. The first kappa shape index (κ1) is 16.4. The molecule has 1 atom stereocenters. The second-order valence-electron chi connectivity index (χ2n) is 5.51. The van der Waals surface area contributed by atoms with E-state index in [-0.39, 0.29) is 17.2 Å². The third-order valence-electron chi connectivity index (χ3n) is 3.18. The van der Waals surface area contributed by atoms with Gasteiger partial charge < -0.3 is 5.11 Å². The van der Waals surface area contributed by atoms with Gasteiger partial charge in [-0.05, 0) is 24.5 Å². The lowest BCUT2D eigenvalue weighted by Gasteiger charge is -2.16. The maximum absolute atomic E-state index is 12.4. The highest BCUT2D eigenvalue weighted by molar-refractivity contribution is 7.89. The van der Waals surface area contributed by atoms with Crippen LogP contribution in [-0.4, -0.2) is 30.5 Å². The summed E-state index contributed by atoms with van der Waals surface area (Å²) >= 11 is 0. The summed E-state index contributed by atoms with van der Waals surface area (Å²) in [5.41, 5.74) is 0.679. The number of carboxylic acid groups (broad SMARTS) is 1. The number of nitrogens with one attached hydrogen (secondary N) is 1. The molecule has 0 bridgehead atoms. The number of nitrogens with zero attached hydrogens (tertiary/aromatic N) is 1. The molecule has 1 aromatic carbocycles. The van der Waals surface area contributed by atoms with Gasteiger partial charge in [0.05, 0.1) is 5.52 Å². The number of benzene rings is 1. The molecular weight excluding hydrogens is 304 g/mol. The number of aromatic nitrogens is 1. The Balaban J connectivity index is 2.33. The van der Waals surface area contributed by atoms with Gasteiger partial charge in [0.15, 0.2) is 0 Å². The van der Waals surface area contributed by atoms with Crippen LogP contribution in [0.4, 0.5) is 0 Å². The van der Waals surface area contributed by atoms with E-state index in [1.807, 2.05) is 19.9 Å². The van der Waals surface area contributed by atoms with Crippen molar-refractivity contribution in [1.82, 2.24) is 9.71 Å². The number of aliphatic carboxylic acids is 1. The van der Waals surface area contributed by atoms with Crippen molar-refractivity contribution >= 4 is 26.9 Å². The van der Waals surface area contributed by atoms with E-state index in [0.29, 0.717) is 10.9 Å². The van der Waals surface area contributed by atoms with Crippen LogP contribution in [0.5, 0.6) is 0 Å². The number of rotatable bonds is 6. The van der Waals surface area contributed by atoms with Gasteiger partial charge in [-0.3, -0.25) is 9.78 Å². The summed E-state index contributed by atoms with van der Waals surface area (Å²) in [5, 5.41) is 9.84. The zero-order chi connectivity index (χ0) is 16.3. The lowest BCUT2D eigenvalue weighted by atomic mass is 10.1. The third kappa shape index (κ3) is 3.80. The molecule has 0 radical (unpaired) electrons. The quantitative estimate of drug-likeness (QED) is 0.848. The van der Waals surface area contributed by atoms with Crippen LogP contribution in [0.3, 0.4) is 0 Å². The first-order valence-corrected chi connectivity index (χ1v) is 8.38. The first-order chi connectivity index (χ1) is 10.3. The maximum Gasteiger partial charge on any atom is 0.321 e. The van der Waals surface area contributed by atoms with Gasteiger partial charge in [-0.25, -0.2) is 8.42 Å². The Labute approximate surface area is 129 Å². The van der Waals surface area contributed by atoms with Crippen LogP contribution >= 0.6 is 0 Å². The molecule has 0 unspecified atom stereocenters. The molecule has 0 aliphatic carbocycles. The molecule has 7 heteroatoms. The van der Waals surface area contributed by atoms with Gasteiger partial charge in [0.25, 0.3) is 0 Å². The van der Waals surface area contributed by atoms with E-state index < -0.39 is 22.0 Å². The standard InChI is InChI=1S/C15H18N2O4S/c1-10(2)7-14(15(18)19)17-22(20,21)12-8-11-5-3-4-6-13(11)16-9-12/h3-6,8-10,14,17H,7H2,1-2H3,(H,18,19)/t14-/m0/s1. The zero-order valence-corrected chi connectivity index (χ0v) is 13.2. The van der Waals surface area contributed by atoms with E-state index in [1.54, 1.807) is 18.2 Å². The fraction of sp³-hybridized carbons (Fsp3) is 0.333. The third-order valence-corrected chi connectivity index (χ3v) is 4.62. The molecule has 0 aliphatic heterocycles. The molecule has 0 aliphatic rings. The molecule has 2 rings (SSSR count). The minimum atomic E-state index is -3.93. The van der Waals surface area contributed by atoms with E-state index in [2.05, 4.69) is 9.71 Å². The van der Waals surface area contributed by atoms with Crippen molar-refractivity contribution in [1.29, 1.82) is 0 Å². The van der Waals surface area contributed by atoms with E-state index in [9.17, 15) is 13.2 Å². The topological polar surface area (TPSA) is 96.4 Å². The first-order valence-electron chi connectivity index (χ1n) is 6.89. The van der Waals surface area contributed by atoms with Crippen molar-refractivity contribution in [3.8, 4) is 0 Å². The van der Waals surface area contributed by atoms with Crippen LogP contribution in [0, 0.1) is 5.92 Å². The van der Waals surface area contributed by atoms with Crippen LogP contribution in [0.25, 0.3) is 10.9 Å².